The zero-order valence-corrected chi connectivity index (χ0v) is 16.7. The molecule has 2 heterocycles. The number of rotatable bonds is 4. The highest BCUT2D eigenvalue weighted by Gasteiger charge is 2.35. The lowest BCUT2D eigenvalue weighted by Crippen LogP contribution is -2.43. The Morgan fingerprint density at radius 3 is 2.88 bits per heavy atom. The van der Waals surface area contributed by atoms with Gasteiger partial charge >= 0.3 is 0 Å². The predicted octanol–water partition coefficient (Wildman–Crippen LogP) is 1.84. The van der Waals surface area contributed by atoms with Crippen molar-refractivity contribution in [1.29, 1.82) is 0 Å². The fourth-order valence-corrected chi connectivity index (χ4v) is 5.84. The second-order valence-corrected chi connectivity index (χ2v) is 10.3. The lowest BCUT2D eigenvalue weighted by atomic mass is 10.2. The Morgan fingerprint density at radius 2 is 2.23 bits per heavy atom. The number of halogens is 1. The third-order valence-electron chi connectivity index (χ3n) is 3.92. The van der Waals surface area contributed by atoms with Gasteiger partial charge in [0.15, 0.2) is 9.84 Å². The van der Waals surface area contributed by atoms with Crippen LogP contribution < -0.4 is 5.32 Å². The van der Waals surface area contributed by atoms with Gasteiger partial charge in [0, 0.05) is 11.1 Å². The maximum absolute atomic E-state index is 12.5. The summed E-state index contributed by atoms with van der Waals surface area (Å²) < 4.78 is 23.2. The average Bonchev–Trinajstić information content (AvgIpc) is 3.01. The summed E-state index contributed by atoms with van der Waals surface area (Å²) in [5.41, 5.74) is 0.763. The van der Waals surface area contributed by atoms with E-state index in [1.165, 1.54) is 4.90 Å². The number of sulfone groups is 1. The minimum atomic E-state index is -3.08. The standard InChI is InChI=1S/C16H15ClN2O4S3/c17-11-3-1-2-10(6-11)7-13-15(21)19(16(24)25-13)8-14(20)18-12-4-5-26(22,23)9-12/h1-3,6-7,12H,4-5,8-9H2,(H,18,20)/b13-7-. The van der Waals surface area contributed by atoms with Gasteiger partial charge in [-0.25, -0.2) is 8.42 Å². The fraction of sp³-hybridized carbons (Fsp3) is 0.312. The van der Waals surface area contributed by atoms with Crippen LogP contribution in [0.4, 0.5) is 0 Å². The largest absolute Gasteiger partial charge is 0.351 e. The molecular formula is C16H15ClN2O4S3. The number of nitrogens with zero attached hydrogens (tertiary/aromatic N) is 1. The van der Waals surface area contributed by atoms with E-state index in [1.807, 2.05) is 6.07 Å². The second-order valence-electron chi connectivity index (χ2n) is 5.99. The van der Waals surface area contributed by atoms with Crippen molar-refractivity contribution in [1.82, 2.24) is 10.2 Å². The molecule has 0 bridgehead atoms. The van der Waals surface area contributed by atoms with Gasteiger partial charge in [0.25, 0.3) is 5.91 Å². The molecule has 26 heavy (non-hydrogen) atoms. The molecule has 2 fully saturated rings. The SMILES string of the molecule is O=C(CN1C(=O)/C(=C/c2cccc(Cl)c2)SC1=S)NC1CCS(=O)(=O)C1. The number of nitrogens with one attached hydrogen (secondary N) is 1. The van der Waals surface area contributed by atoms with Crippen LogP contribution in [-0.2, 0) is 19.4 Å². The molecule has 138 valence electrons. The lowest BCUT2D eigenvalue weighted by Gasteiger charge is -2.16. The highest BCUT2D eigenvalue weighted by Crippen LogP contribution is 2.32. The fourth-order valence-electron chi connectivity index (χ4n) is 2.71. The molecule has 6 nitrogen and oxygen atoms in total. The van der Waals surface area contributed by atoms with Crippen LogP contribution in [0.5, 0.6) is 0 Å². The molecule has 0 aliphatic carbocycles. The summed E-state index contributed by atoms with van der Waals surface area (Å²) in [5.74, 6) is -0.769. The molecule has 3 rings (SSSR count). The smallest absolute Gasteiger partial charge is 0.266 e. The van der Waals surface area contributed by atoms with E-state index in [2.05, 4.69) is 5.32 Å². The zero-order chi connectivity index (χ0) is 18.9. The summed E-state index contributed by atoms with van der Waals surface area (Å²) in [6.07, 6.45) is 2.06. The normalized spacial score (nSPS) is 23.7. The third kappa shape index (κ3) is 4.64. The van der Waals surface area contributed by atoms with Gasteiger partial charge in [-0.3, -0.25) is 14.5 Å². The first-order valence-corrected chi connectivity index (χ1v) is 11.2. The van der Waals surface area contributed by atoms with Gasteiger partial charge in [0.1, 0.15) is 10.9 Å². The summed E-state index contributed by atoms with van der Waals surface area (Å²) >= 11 is 12.3. The highest BCUT2D eigenvalue weighted by molar-refractivity contribution is 8.26. The Kier molecular flexibility index (Phi) is 5.71. The first kappa shape index (κ1) is 19.3. The summed E-state index contributed by atoms with van der Waals surface area (Å²) in [4.78, 5) is 26.3. The first-order valence-electron chi connectivity index (χ1n) is 7.74. The second kappa shape index (κ2) is 7.67. The van der Waals surface area contributed by atoms with E-state index in [-0.39, 0.29) is 28.3 Å². The molecule has 10 heteroatoms. The van der Waals surface area contributed by atoms with Crippen molar-refractivity contribution in [3.8, 4) is 0 Å². The van der Waals surface area contributed by atoms with Gasteiger partial charge < -0.3 is 5.32 Å². The molecule has 1 aromatic rings. The van der Waals surface area contributed by atoms with Gasteiger partial charge in [-0.2, -0.15) is 0 Å². The molecule has 0 aromatic heterocycles. The van der Waals surface area contributed by atoms with Crippen LogP contribution in [0.2, 0.25) is 5.02 Å². The van der Waals surface area contributed by atoms with Crippen molar-refractivity contribution in [3.63, 3.8) is 0 Å². The first-order chi connectivity index (χ1) is 12.2. The topological polar surface area (TPSA) is 83.6 Å². The van der Waals surface area contributed by atoms with Crippen molar-refractivity contribution >= 4 is 67.6 Å². The number of carbonyl (C=O) groups is 2. The Bertz CT molecular complexity index is 914. The minimum Gasteiger partial charge on any atom is -0.351 e. The van der Waals surface area contributed by atoms with E-state index in [9.17, 15) is 18.0 Å². The van der Waals surface area contributed by atoms with Gasteiger partial charge in [0.2, 0.25) is 5.91 Å². The van der Waals surface area contributed by atoms with Crippen molar-refractivity contribution < 1.29 is 18.0 Å². The monoisotopic (exact) mass is 430 g/mol. The number of amides is 2. The van der Waals surface area contributed by atoms with E-state index in [4.69, 9.17) is 23.8 Å². The summed E-state index contributed by atoms with van der Waals surface area (Å²) in [6, 6.07) is 6.63. The maximum atomic E-state index is 12.5. The van der Waals surface area contributed by atoms with Crippen molar-refractivity contribution in [2.24, 2.45) is 0 Å². The minimum absolute atomic E-state index is 0.0637. The molecule has 2 aliphatic heterocycles. The molecule has 0 radical (unpaired) electrons. The summed E-state index contributed by atoms with van der Waals surface area (Å²) in [5, 5.41) is 3.21. The molecule has 2 aliphatic rings. The third-order valence-corrected chi connectivity index (χ3v) is 7.30. The summed E-state index contributed by atoms with van der Waals surface area (Å²) in [6.45, 7) is -0.228. The number of hydrogen-bond donors (Lipinski definition) is 1. The van der Waals surface area contributed by atoms with Crippen LogP contribution in [0.15, 0.2) is 29.2 Å². The van der Waals surface area contributed by atoms with Crippen LogP contribution in [0, 0.1) is 0 Å². The lowest BCUT2D eigenvalue weighted by molar-refractivity contribution is -0.129. The molecule has 1 unspecified atom stereocenters. The molecular weight excluding hydrogens is 416 g/mol. The van der Waals surface area contributed by atoms with E-state index in [0.717, 1.165) is 17.3 Å². The zero-order valence-electron chi connectivity index (χ0n) is 13.5. The Balaban J connectivity index is 1.65. The van der Waals surface area contributed by atoms with Crippen LogP contribution in [-0.4, -0.2) is 53.5 Å². The molecule has 2 amide bonds. The van der Waals surface area contributed by atoms with E-state index in [1.54, 1.807) is 24.3 Å². The van der Waals surface area contributed by atoms with Crippen LogP contribution in [0.3, 0.4) is 0 Å². The molecule has 0 spiro atoms. The van der Waals surface area contributed by atoms with E-state index >= 15 is 0 Å². The molecule has 1 N–H and O–H groups in total. The quantitative estimate of drug-likeness (QED) is 0.579. The van der Waals surface area contributed by atoms with Gasteiger partial charge in [0.05, 0.1) is 16.4 Å². The van der Waals surface area contributed by atoms with Gasteiger partial charge in [-0.15, -0.1) is 0 Å². The number of carbonyl (C=O) groups excluding carboxylic acids is 2. The molecule has 2 saturated heterocycles. The number of hydrogen-bond acceptors (Lipinski definition) is 6. The maximum Gasteiger partial charge on any atom is 0.266 e. The van der Waals surface area contributed by atoms with E-state index < -0.39 is 21.8 Å². The number of benzene rings is 1. The van der Waals surface area contributed by atoms with Crippen molar-refractivity contribution in [2.75, 3.05) is 18.1 Å². The average molecular weight is 431 g/mol. The Hall–Kier alpha value is -1.42. The Labute approximate surface area is 165 Å². The van der Waals surface area contributed by atoms with Crippen LogP contribution in [0.1, 0.15) is 12.0 Å². The highest BCUT2D eigenvalue weighted by atomic mass is 35.5. The molecule has 1 aromatic carbocycles. The van der Waals surface area contributed by atoms with Gasteiger partial charge in [-0.1, -0.05) is 47.7 Å². The number of thioether (sulfide) groups is 1. The molecule has 1 atom stereocenters. The van der Waals surface area contributed by atoms with Crippen molar-refractivity contribution in [3.05, 3.63) is 39.8 Å². The Morgan fingerprint density at radius 1 is 1.46 bits per heavy atom. The van der Waals surface area contributed by atoms with E-state index in [0.29, 0.717) is 16.3 Å². The van der Waals surface area contributed by atoms with Crippen LogP contribution in [0.25, 0.3) is 6.08 Å². The molecule has 0 saturated carbocycles. The summed E-state index contributed by atoms with van der Waals surface area (Å²) in [7, 11) is -3.08. The predicted molar refractivity (Wildman–Crippen MR) is 107 cm³/mol. The number of thiocarbonyl (C=S) groups is 1. The van der Waals surface area contributed by atoms with Crippen molar-refractivity contribution in [2.45, 2.75) is 12.5 Å². The van der Waals surface area contributed by atoms with Crippen LogP contribution >= 0.6 is 35.6 Å². The van der Waals surface area contributed by atoms with Gasteiger partial charge in [-0.05, 0) is 30.2 Å².